The van der Waals surface area contributed by atoms with Gasteiger partial charge in [-0.1, -0.05) is 42.5 Å². The van der Waals surface area contributed by atoms with Crippen LogP contribution >= 0.6 is 0 Å². The molecule has 0 saturated heterocycles. The highest BCUT2D eigenvalue weighted by Gasteiger charge is 2.17. The predicted molar refractivity (Wildman–Crippen MR) is 90.0 cm³/mol. The minimum absolute atomic E-state index is 0.241. The minimum atomic E-state index is -0.272. The summed E-state index contributed by atoms with van der Waals surface area (Å²) in [6.45, 7) is 0. The summed E-state index contributed by atoms with van der Waals surface area (Å²) >= 11 is 0. The fourth-order valence-electron chi connectivity index (χ4n) is 2.71. The summed E-state index contributed by atoms with van der Waals surface area (Å²) in [7, 11) is 0. The van der Waals surface area contributed by atoms with Gasteiger partial charge in [0.2, 0.25) is 0 Å². The molecule has 24 heavy (non-hydrogen) atoms. The minimum Gasteiger partial charge on any atom is -0.358 e. The molecule has 0 amide bonds. The van der Waals surface area contributed by atoms with Gasteiger partial charge in [0.05, 0.1) is 17.6 Å². The first-order chi connectivity index (χ1) is 11.8. The van der Waals surface area contributed by atoms with E-state index in [4.69, 9.17) is 0 Å². The van der Waals surface area contributed by atoms with Gasteiger partial charge >= 0.3 is 0 Å². The van der Waals surface area contributed by atoms with E-state index in [9.17, 15) is 4.39 Å². The number of aromatic nitrogens is 4. The van der Waals surface area contributed by atoms with Crippen LogP contribution in [0.4, 0.5) is 10.2 Å². The first-order valence-corrected chi connectivity index (χ1v) is 7.52. The summed E-state index contributed by atoms with van der Waals surface area (Å²) in [6.07, 6.45) is 3.14. The Morgan fingerprint density at radius 1 is 0.958 bits per heavy atom. The molecule has 6 heteroatoms. The number of hydrogen-bond donors (Lipinski definition) is 2. The lowest BCUT2D eigenvalue weighted by molar-refractivity contribution is 0.624. The lowest BCUT2D eigenvalue weighted by Gasteiger charge is -2.20. The molecule has 2 aromatic carbocycles. The summed E-state index contributed by atoms with van der Waals surface area (Å²) in [5.41, 5.74) is 2.48. The Labute approximate surface area is 137 Å². The fraction of sp³-hybridized carbons (Fsp3) is 0.0556. The van der Waals surface area contributed by atoms with E-state index in [1.807, 2.05) is 36.4 Å². The van der Waals surface area contributed by atoms with Crippen LogP contribution in [-0.2, 0) is 0 Å². The van der Waals surface area contributed by atoms with Gasteiger partial charge in [-0.15, -0.1) is 0 Å². The Morgan fingerprint density at radius 2 is 1.79 bits per heavy atom. The van der Waals surface area contributed by atoms with Crippen molar-refractivity contribution in [1.29, 1.82) is 0 Å². The largest absolute Gasteiger partial charge is 0.358 e. The third kappa shape index (κ3) is 2.69. The number of nitrogens with one attached hydrogen (secondary N) is 2. The molecule has 5 nitrogen and oxygen atoms in total. The molecule has 118 valence electrons. The topological polar surface area (TPSA) is 66.5 Å². The van der Waals surface area contributed by atoms with E-state index >= 15 is 0 Å². The maximum atomic E-state index is 13.7. The average molecular weight is 319 g/mol. The standard InChI is InChI=1S/C18H14FN5/c19-14-8-4-7-13(9-14)16(12-5-2-1-3-6-12)23-17-15-10-22-24-18(15)21-11-20-17/h1-11,16H,(H2,20,21,22,23,24). The lowest BCUT2D eigenvalue weighted by Crippen LogP contribution is -2.13. The smallest absolute Gasteiger partial charge is 0.160 e. The van der Waals surface area contributed by atoms with Gasteiger partial charge < -0.3 is 5.32 Å². The van der Waals surface area contributed by atoms with E-state index in [-0.39, 0.29) is 11.9 Å². The summed E-state index contributed by atoms with van der Waals surface area (Å²) < 4.78 is 13.7. The van der Waals surface area contributed by atoms with Crippen LogP contribution in [0.1, 0.15) is 17.2 Å². The van der Waals surface area contributed by atoms with Crippen LogP contribution in [0.2, 0.25) is 0 Å². The maximum Gasteiger partial charge on any atom is 0.160 e. The molecule has 1 atom stereocenters. The van der Waals surface area contributed by atoms with Gasteiger partial charge in [0, 0.05) is 0 Å². The molecule has 1 unspecified atom stereocenters. The van der Waals surface area contributed by atoms with Gasteiger partial charge in [-0.2, -0.15) is 5.10 Å². The number of fused-ring (bicyclic) bond motifs is 1. The van der Waals surface area contributed by atoms with Crippen molar-refractivity contribution >= 4 is 16.9 Å². The number of H-pyrrole nitrogens is 1. The highest BCUT2D eigenvalue weighted by Crippen LogP contribution is 2.28. The van der Waals surface area contributed by atoms with Crippen molar-refractivity contribution in [3.8, 4) is 0 Å². The van der Waals surface area contributed by atoms with Gasteiger partial charge in [-0.3, -0.25) is 5.10 Å². The van der Waals surface area contributed by atoms with Crippen LogP contribution in [0.3, 0.4) is 0 Å². The first-order valence-electron chi connectivity index (χ1n) is 7.52. The van der Waals surface area contributed by atoms with Crippen LogP contribution in [0, 0.1) is 5.82 Å². The van der Waals surface area contributed by atoms with Gasteiger partial charge in [0.15, 0.2) is 5.65 Å². The van der Waals surface area contributed by atoms with Crippen molar-refractivity contribution < 1.29 is 4.39 Å². The SMILES string of the molecule is Fc1cccc(C(Nc2ncnc3[nH]ncc23)c2ccccc2)c1. The van der Waals surface area contributed by atoms with Crippen molar-refractivity contribution in [3.63, 3.8) is 0 Å². The van der Waals surface area contributed by atoms with Crippen LogP contribution in [-0.4, -0.2) is 20.2 Å². The van der Waals surface area contributed by atoms with E-state index in [1.165, 1.54) is 18.5 Å². The summed E-state index contributed by atoms with van der Waals surface area (Å²) in [5, 5.41) is 11.0. The molecule has 0 spiro atoms. The van der Waals surface area contributed by atoms with E-state index in [0.717, 1.165) is 16.5 Å². The molecule has 2 N–H and O–H groups in total. The summed E-state index contributed by atoms with van der Waals surface area (Å²) in [5.74, 6) is 0.373. The molecule has 2 heterocycles. The zero-order chi connectivity index (χ0) is 16.4. The van der Waals surface area contributed by atoms with Gasteiger partial charge in [0.1, 0.15) is 18.0 Å². The molecule has 0 fully saturated rings. The van der Waals surface area contributed by atoms with Crippen molar-refractivity contribution in [2.75, 3.05) is 5.32 Å². The van der Waals surface area contributed by atoms with Crippen LogP contribution in [0.15, 0.2) is 67.1 Å². The highest BCUT2D eigenvalue weighted by atomic mass is 19.1. The van der Waals surface area contributed by atoms with Crippen molar-refractivity contribution in [2.24, 2.45) is 0 Å². The van der Waals surface area contributed by atoms with Gasteiger partial charge in [-0.05, 0) is 23.3 Å². The molecule has 4 aromatic rings. The number of aromatic amines is 1. The van der Waals surface area contributed by atoms with Crippen molar-refractivity contribution in [1.82, 2.24) is 20.2 Å². The van der Waals surface area contributed by atoms with Gasteiger partial charge in [0.25, 0.3) is 0 Å². The first kappa shape index (κ1) is 14.3. The second-order valence-corrected chi connectivity index (χ2v) is 5.40. The quantitative estimate of drug-likeness (QED) is 0.602. The number of halogens is 1. The number of hydrogen-bond acceptors (Lipinski definition) is 4. The summed E-state index contributed by atoms with van der Waals surface area (Å²) in [4.78, 5) is 8.46. The van der Waals surface area contributed by atoms with E-state index in [0.29, 0.717) is 11.5 Å². The molecular weight excluding hydrogens is 305 g/mol. The zero-order valence-corrected chi connectivity index (χ0v) is 12.6. The molecule has 2 aromatic heterocycles. The van der Waals surface area contributed by atoms with E-state index < -0.39 is 0 Å². The second-order valence-electron chi connectivity index (χ2n) is 5.40. The fourth-order valence-corrected chi connectivity index (χ4v) is 2.71. The molecule has 0 saturated carbocycles. The number of benzene rings is 2. The Balaban J connectivity index is 1.80. The predicted octanol–water partition coefficient (Wildman–Crippen LogP) is 3.69. The third-order valence-corrected chi connectivity index (χ3v) is 3.84. The van der Waals surface area contributed by atoms with Gasteiger partial charge in [-0.25, -0.2) is 14.4 Å². The normalized spacial score (nSPS) is 12.2. The van der Waals surface area contributed by atoms with Crippen LogP contribution in [0.5, 0.6) is 0 Å². The molecular formula is C18H14FN5. The summed E-state index contributed by atoms with van der Waals surface area (Å²) in [6, 6.07) is 16.2. The Bertz CT molecular complexity index is 967. The van der Waals surface area contributed by atoms with Crippen LogP contribution in [0.25, 0.3) is 11.0 Å². The van der Waals surface area contributed by atoms with Crippen LogP contribution < -0.4 is 5.32 Å². The molecule has 4 rings (SSSR count). The Morgan fingerprint density at radius 3 is 2.62 bits per heavy atom. The number of anilines is 1. The van der Waals surface area contributed by atoms with Crippen molar-refractivity contribution in [2.45, 2.75) is 6.04 Å². The molecule has 0 radical (unpaired) electrons. The second kappa shape index (κ2) is 6.08. The van der Waals surface area contributed by atoms with E-state index in [2.05, 4.69) is 25.5 Å². The maximum absolute atomic E-state index is 13.7. The monoisotopic (exact) mass is 319 g/mol. The number of rotatable bonds is 4. The third-order valence-electron chi connectivity index (χ3n) is 3.84. The zero-order valence-electron chi connectivity index (χ0n) is 12.6. The molecule has 0 aliphatic carbocycles. The molecule has 0 aliphatic rings. The Kier molecular flexibility index (Phi) is 3.63. The molecule has 0 aliphatic heterocycles. The van der Waals surface area contributed by atoms with Crippen molar-refractivity contribution in [3.05, 3.63) is 84.1 Å². The average Bonchev–Trinajstić information content (AvgIpc) is 3.10. The lowest BCUT2D eigenvalue weighted by atomic mass is 9.98. The molecule has 0 bridgehead atoms. The Hall–Kier alpha value is -3.28. The number of nitrogens with zero attached hydrogens (tertiary/aromatic N) is 3. The van der Waals surface area contributed by atoms with E-state index in [1.54, 1.807) is 12.3 Å². The highest BCUT2D eigenvalue weighted by molar-refractivity contribution is 5.85.